The van der Waals surface area contributed by atoms with Gasteiger partial charge in [0.1, 0.15) is 0 Å². The second kappa shape index (κ2) is 16.3. The average Bonchev–Trinajstić information content (AvgIpc) is 2.83. The highest BCUT2D eigenvalue weighted by atomic mass is 32.2. The van der Waals surface area contributed by atoms with Gasteiger partial charge < -0.3 is 22.1 Å². The van der Waals surface area contributed by atoms with Gasteiger partial charge in [0, 0.05) is 31.0 Å². The molecule has 0 radical (unpaired) electrons. The van der Waals surface area contributed by atoms with Crippen molar-refractivity contribution in [3.8, 4) is 0 Å². The zero-order valence-electron chi connectivity index (χ0n) is 20.6. The first kappa shape index (κ1) is 28.8. The van der Waals surface area contributed by atoms with Crippen LogP contribution in [0.15, 0.2) is 0 Å². The van der Waals surface area contributed by atoms with Crippen LogP contribution in [-0.2, 0) is 9.59 Å². The van der Waals surface area contributed by atoms with Crippen molar-refractivity contribution in [1.82, 2.24) is 10.6 Å². The van der Waals surface area contributed by atoms with Crippen LogP contribution < -0.4 is 22.1 Å². The van der Waals surface area contributed by atoms with E-state index in [2.05, 4.69) is 10.6 Å². The number of carbonyl (C=O) groups excluding carboxylic acids is 2. The van der Waals surface area contributed by atoms with Crippen LogP contribution >= 0.6 is 23.5 Å². The van der Waals surface area contributed by atoms with E-state index in [1.807, 2.05) is 23.5 Å². The topological polar surface area (TPSA) is 110 Å². The van der Waals surface area contributed by atoms with Crippen LogP contribution in [0.3, 0.4) is 0 Å². The van der Waals surface area contributed by atoms with Gasteiger partial charge in [0.15, 0.2) is 0 Å². The summed E-state index contributed by atoms with van der Waals surface area (Å²) >= 11 is 3.85. The molecule has 2 fully saturated rings. The quantitative estimate of drug-likeness (QED) is 0.188. The Hall–Kier alpha value is -0.440. The summed E-state index contributed by atoms with van der Waals surface area (Å²) in [7, 11) is 0. The van der Waals surface area contributed by atoms with E-state index in [-0.39, 0.29) is 22.6 Å². The second-order valence-electron chi connectivity index (χ2n) is 10.2. The highest BCUT2D eigenvalue weighted by molar-refractivity contribution is 8.15. The van der Waals surface area contributed by atoms with E-state index >= 15 is 0 Å². The number of hydrogen-bond acceptors (Lipinski definition) is 6. The predicted octanol–water partition coefficient (Wildman–Crippen LogP) is 4.02. The molecule has 2 saturated carbocycles. The van der Waals surface area contributed by atoms with Crippen molar-refractivity contribution in [3.05, 3.63) is 0 Å². The molecule has 33 heavy (non-hydrogen) atoms. The van der Waals surface area contributed by atoms with E-state index in [4.69, 9.17) is 11.5 Å². The first-order valence-electron chi connectivity index (χ1n) is 13.1. The molecule has 0 aromatic rings. The van der Waals surface area contributed by atoms with Gasteiger partial charge in [-0.25, -0.2) is 0 Å². The van der Waals surface area contributed by atoms with Gasteiger partial charge in [0.25, 0.3) is 0 Å². The van der Waals surface area contributed by atoms with Gasteiger partial charge in [-0.05, 0) is 74.0 Å². The molecule has 2 aliphatic carbocycles. The van der Waals surface area contributed by atoms with Gasteiger partial charge in [-0.3, -0.25) is 9.59 Å². The van der Waals surface area contributed by atoms with Crippen molar-refractivity contribution in [2.45, 2.75) is 89.9 Å². The van der Waals surface area contributed by atoms with Gasteiger partial charge in [-0.1, -0.05) is 38.5 Å². The molecule has 2 amide bonds. The third kappa shape index (κ3) is 11.2. The molecule has 0 atom stereocenters. The average molecular weight is 501 g/mol. The molecular formula is C25H48N4O2S2. The van der Waals surface area contributed by atoms with Crippen LogP contribution in [0.1, 0.15) is 89.9 Å². The second-order valence-corrected chi connectivity index (χ2v) is 12.8. The lowest BCUT2D eigenvalue weighted by molar-refractivity contribution is -0.124. The number of nitrogens with two attached hydrogens (primary N) is 2. The zero-order valence-corrected chi connectivity index (χ0v) is 22.3. The lowest BCUT2D eigenvalue weighted by Crippen LogP contribution is -2.38. The van der Waals surface area contributed by atoms with Crippen molar-refractivity contribution in [3.63, 3.8) is 0 Å². The molecule has 2 rings (SSSR count). The van der Waals surface area contributed by atoms with E-state index in [0.717, 1.165) is 68.2 Å². The standard InChI is InChI=1S/C25H48N4O2S2/c26-19-24(9-3-1-4-10-24)17-22(30)28-13-7-15-32-21-33-16-8-14-29-23(31)18-25(20-27)11-5-2-6-12-25/h1-21,26-27H2,(H,28,30)(H,29,31). The molecule has 192 valence electrons. The van der Waals surface area contributed by atoms with Gasteiger partial charge >= 0.3 is 0 Å². The molecule has 0 unspecified atom stereocenters. The maximum absolute atomic E-state index is 12.3. The minimum atomic E-state index is 0.0505. The Morgan fingerprint density at radius 2 is 1.06 bits per heavy atom. The van der Waals surface area contributed by atoms with Gasteiger partial charge in [0.05, 0.1) is 0 Å². The van der Waals surface area contributed by atoms with E-state index in [1.54, 1.807) is 0 Å². The van der Waals surface area contributed by atoms with E-state index < -0.39 is 0 Å². The molecule has 2 aliphatic rings. The largest absolute Gasteiger partial charge is 0.356 e. The normalized spacial score (nSPS) is 19.7. The fourth-order valence-electron chi connectivity index (χ4n) is 5.30. The maximum atomic E-state index is 12.3. The summed E-state index contributed by atoms with van der Waals surface area (Å²) in [6.07, 6.45) is 15.0. The van der Waals surface area contributed by atoms with E-state index in [0.29, 0.717) is 25.9 Å². The van der Waals surface area contributed by atoms with Crippen molar-refractivity contribution in [2.75, 3.05) is 42.8 Å². The number of carbonyl (C=O) groups is 2. The number of rotatable bonds is 16. The summed E-state index contributed by atoms with van der Waals surface area (Å²) in [5.41, 5.74) is 12.1. The molecule has 0 heterocycles. The summed E-state index contributed by atoms with van der Waals surface area (Å²) < 4.78 is 0. The molecule has 0 saturated heterocycles. The van der Waals surface area contributed by atoms with Gasteiger partial charge in [0.2, 0.25) is 11.8 Å². The molecule has 0 spiro atoms. The highest BCUT2D eigenvalue weighted by Crippen LogP contribution is 2.39. The van der Waals surface area contributed by atoms with Crippen molar-refractivity contribution in [2.24, 2.45) is 22.3 Å². The van der Waals surface area contributed by atoms with E-state index in [1.165, 1.54) is 38.5 Å². The summed E-state index contributed by atoms with van der Waals surface area (Å²) in [6.45, 7) is 2.78. The van der Waals surface area contributed by atoms with E-state index in [9.17, 15) is 9.59 Å². The Balaban J connectivity index is 1.39. The first-order chi connectivity index (χ1) is 16.0. The number of nitrogens with one attached hydrogen (secondary N) is 2. The van der Waals surface area contributed by atoms with Crippen LogP contribution in [0.25, 0.3) is 0 Å². The number of amides is 2. The van der Waals surface area contributed by atoms with Crippen molar-refractivity contribution < 1.29 is 9.59 Å². The van der Waals surface area contributed by atoms with Crippen LogP contribution in [0.4, 0.5) is 0 Å². The third-order valence-corrected chi connectivity index (χ3v) is 10.00. The van der Waals surface area contributed by atoms with Crippen LogP contribution in [0, 0.1) is 10.8 Å². The van der Waals surface area contributed by atoms with Gasteiger partial charge in [-0.15, -0.1) is 0 Å². The summed E-state index contributed by atoms with van der Waals surface area (Å²) in [4.78, 5) is 24.6. The van der Waals surface area contributed by atoms with Crippen LogP contribution in [0.2, 0.25) is 0 Å². The minimum absolute atomic E-state index is 0.0505. The Morgan fingerprint density at radius 1 is 0.667 bits per heavy atom. The summed E-state index contributed by atoms with van der Waals surface area (Å²) in [6, 6.07) is 0. The maximum Gasteiger partial charge on any atom is 0.220 e. The summed E-state index contributed by atoms with van der Waals surface area (Å²) in [5.74, 6) is 2.47. The minimum Gasteiger partial charge on any atom is -0.356 e. The zero-order chi connectivity index (χ0) is 23.8. The highest BCUT2D eigenvalue weighted by Gasteiger charge is 2.33. The van der Waals surface area contributed by atoms with Gasteiger partial charge in [-0.2, -0.15) is 23.5 Å². The fraction of sp³-hybridized carbons (Fsp3) is 0.920. The smallest absolute Gasteiger partial charge is 0.220 e. The fourth-order valence-corrected chi connectivity index (χ4v) is 7.41. The Kier molecular flexibility index (Phi) is 14.2. The number of hydrogen-bond donors (Lipinski definition) is 4. The monoisotopic (exact) mass is 500 g/mol. The molecule has 8 heteroatoms. The van der Waals surface area contributed by atoms with Crippen molar-refractivity contribution >= 4 is 35.3 Å². The van der Waals surface area contributed by atoms with Crippen molar-refractivity contribution in [1.29, 1.82) is 0 Å². The lowest BCUT2D eigenvalue weighted by atomic mass is 9.71. The molecule has 0 aromatic carbocycles. The summed E-state index contributed by atoms with van der Waals surface area (Å²) in [5, 5.41) is 7.25. The third-order valence-electron chi connectivity index (χ3n) is 7.51. The predicted molar refractivity (Wildman–Crippen MR) is 143 cm³/mol. The Morgan fingerprint density at radius 3 is 1.42 bits per heavy atom. The lowest BCUT2D eigenvalue weighted by Gasteiger charge is -2.35. The van der Waals surface area contributed by atoms with Crippen LogP contribution in [0.5, 0.6) is 0 Å². The molecule has 6 nitrogen and oxygen atoms in total. The molecular weight excluding hydrogens is 452 g/mol. The molecule has 0 aliphatic heterocycles. The molecule has 0 bridgehead atoms. The molecule has 0 aromatic heterocycles. The van der Waals surface area contributed by atoms with Crippen LogP contribution in [-0.4, -0.2) is 54.6 Å². The molecule has 6 N–H and O–H groups in total. The Labute approximate surface area is 210 Å². The SMILES string of the molecule is NCC1(CC(=O)NCCCSCSCCCNC(=O)CC2(CN)CCCCC2)CCCCC1. The Bertz CT molecular complexity index is 517. The number of thioether (sulfide) groups is 2. The first-order valence-corrected chi connectivity index (χ1v) is 15.4.